The highest BCUT2D eigenvalue weighted by Crippen LogP contribution is 2.25. The van der Waals surface area contributed by atoms with Gasteiger partial charge in [0.25, 0.3) is 10.0 Å². The zero-order valence-electron chi connectivity index (χ0n) is 12.7. The van der Waals surface area contributed by atoms with Crippen LogP contribution in [0.25, 0.3) is 10.9 Å². The van der Waals surface area contributed by atoms with Gasteiger partial charge < -0.3 is 0 Å². The summed E-state index contributed by atoms with van der Waals surface area (Å²) in [6.45, 7) is 3.60. The molecule has 0 bridgehead atoms. The molecule has 0 spiro atoms. The molecule has 0 fully saturated rings. The summed E-state index contributed by atoms with van der Waals surface area (Å²) < 4.78 is 41.2. The fraction of sp³-hybridized carbons (Fsp3) is 0.118. The third kappa shape index (κ3) is 3.03. The molecule has 0 aliphatic carbocycles. The van der Waals surface area contributed by atoms with Crippen molar-refractivity contribution in [1.29, 1.82) is 0 Å². The fourth-order valence-corrected chi connectivity index (χ4v) is 3.67. The monoisotopic (exact) mass is 330 g/mol. The number of anilines is 1. The first-order valence-electron chi connectivity index (χ1n) is 7.01. The van der Waals surface area contributed by atoms with E-state index in [0.717, 1.165) is 17.0 Å². The molecule has 0 saturated carbocycles. The van der Waals surface area contributed by atoms with Gasteiger partial charge in [0.1, 0.15) is 10.7 Å². The van der Waals surface area contributed by atoms with Gasteiger partial charge in [-0.05, 0) is 49.2 Å². The van der Waals surface area contributed by atoms with Crippen LogP contribution < -0.4 is 4.72 Å². The third-order valence-electron chi connectivity index (χ3n) is 3.54. The number of fused-ring (bicyclic) bond motifs is 1. The lowest BCUT2D eigenvalue weighted by molar-refractivity contribution is 0.601. The first-order valence-corrected chi connectivity index (χ1v) is 8.49. The Bertz CT molecular complexity index is 1000. The highest BCUT2D eigenvalue weighted by molar-refractivity contribution is 7.93. The lowest BCUT2D eigenvalue weighted by Gasteiger charge is -2.12. The summed E-state index contributed by atoms with van der Waals surface area (Å²) in [5.41, 5.74) is 2.19. The van der Waals surface area contributed by atoms with E-state index in [4.69, 9.17) is 0 Å². The zero-order chi connectivity index (χ0) is 16.6. The largest absolute Gasteiger partial charge is 0.279 e. The molecule has 0 amide bonds. The second kappa shape index (κ2) is 5.62. The van der Waals surface area contributed by atoms with Crippen molar-refractivity contribution in [3.63, 3.8) is 0 Å². The van der Waals surface area contributed by atoms with E-state index in [9.17, 15) is 12.8 Å². The number of rotatable bonds is 3. The van der Waals surface area contributed by atoms with Crippen molar-refractivity contribution in [3.8, 4) is 0 Å². The summed E-state index contributed by atoms with van der Waals surface area (Å²) in [5.74, 6) is -0.500. The molecule has 0 radical (unpaired) electrons. The maximum absolute atomic E-state index is 13.4. The van der Waals surface area contributed by atoms with Crippen LogP contribution in [-0.4, -0.2) is 13.4 Å². The molecule has 4 nitrogen and oxygen atoms in total. The van der Waals surface area contributed by atoms with Crippen molar-refractivity contribution in [2.24, 2.45) is 0 Å². The third-order valence-corrected chi connectivity index (χ3v) is 4.94. The average molecular weight is 330 g/mol. The molecule has 0 atom stereocenters. The SMILES string of the molecule is Cc1cnc2c(S(=O)(=O)Nc3cc(F)ccc3C)cccc2c1. The van der Waals surface area contributed by atoms with Gasteiger partial charge in [0.2, 0.25) is 0 Å². The first-order chi connectivity index (χ1) is 10.9. The van der Waals surface area contributed by atoms with E-state index >= 15 is 0 Å². The number of hydrogen-bond acceptors (Lipinski definition) is 3. The van der Waals surface area contributed by atoms with Crippen LogP contribution in [0, 0.1) is 19.7 Å². The normalized spacial score (nSPS) is 11.6. The minimum absolute atomic E-state index is 0.0682. The number of pyridine rings is 1. The molecule has 2 aromatic carbocycles. The summed E-state index contributed by atoms with van der Waals surface area (Å²) in [7, 11) is -3.87. The van der Waals surface area contributed by atoms with Crippen LogP contribution in [0.1, 0.15) is 11.1 Å². The highest BCUT2D eigenvalue weighted by Gasteiger charge is 2.19. The average Bonchev–Trinajstić information content (AvgIpc) is 2.49. The molecular formula is C17H15FN2O2S. The van der Waals surface area contributed by atoms with Gasteiger partial charge in [-0.2, -0.15) is 0 Å². The van der Waals surface area contributed by atoms with Gasteiger partial charge in [0, 0.05) is 11.6 Å². The van der Waals surface area contributed by atoms with Crippen molar-refractivity contribution in [1.82, 2.24) is 4.98 Å². The maximum Gasteiger partial charge on any atom is 0.264 e. The number of para-hydroxylation sites is 1. The summed E-state index contributed by atoms with van der Waals surface area (Å²) >= 11 is 0. The number of sulfonamides is 1. The number of benzene rings is 2. The Morgan fingerprint density at radius 2 is 1.87 bits per heavy atom. The summed E-state index contributed by atoms with van der Waals surface area (Å²) in [6.07, 6.45) is 1.62. The topological polar surface area (TPSA) is 59.1 Å². The summed E-state index contributed by atoms with van der Waals surface area (Å²) in [6, 6.07) is 10.8. The second-order valence-electron chi connectivity index (χ2n) is 5.41. The molecule has 118 valence electrons. The van der Waals surface area contributed by atoms with Crippen molar-refractivity contribution in [2.75, 3.05) is 4.72 Å². The van der Waals surface area contributed by atoms with E-state index in [1.807, 2.05) is 19.1 Å². The van der Waals surface area contributed by atoms with Crippen molar-refractivity contribution in [2.45, 2.75) is 18.7 Å². The molecule has 1 N–H and O–H groups in total. The van der Waals surface area contributed by atoms with Crippen LogP contribution in [0.3, 0.4) is 0 Å². The molecule has 3 aromatic rings. The Labute approximate surface area is 134 Å². The summed E-state index contributed by atoms with van der Waals surface area (Å²) in [4.78, 5) is 4.30. The molecule has 0 aliphatic rings. The van der Waals surface area contributed by atoms with Crippen molar-refractivity contribution in [3.05, 3.63) is 65.6 Å². The lowest BCUT2D eigenvalue weighted by Crippen LogP contribution is -2.14. The number of aromatic nitrogens is 1. The Morgan fingerprint density at radius 3 is 2.65 bits per heavy atom. The molecular weight excluding hydrogens is 315 g/mol. The lowest BCUT2D eigenvalue weighted by atomic mass is 10.2. The van der Waals surface area contributed by atoms with Crippen LogP contribution in [0.5, 0.6) is 0 Å². The molecule has 3 rings (SSSR count). The molecule has 1 aromatic heterocycles. The van der Waals surface area contributed by atoms with Crippen LogP contribution >= 0.6 is 0 Å². The molecule has 6 heteroatoms. The van der Waals surface area contributed by atoms with Gasteiger partial charge in [0.05, 0.1) is 11.2 Å². The van der Waals surface area contributed by atoms with Crippen molar-refractivity contribution >= 4 is 26.6 Å². The zero-order valence-corrected chi connectivity index (χ0v) is 13.5. The standard InChI is InChI=1S/C17H15FN2O2S/c1-11-8-13-4-3-5-16(17(13)19-10-11)23(21,22)20-15-9-14(18)7-6-12(15)2/h3-10,20H,1-2H3. The quantitative estimate of drug-likeness (QED) is 0.795. The van der Waals surface area contributed by atoms with Gasteiger partial charge in [-0.25, -0.2) is 12.8 Å². The van der Waals surface area contributed by atoms with E-state index in [2.05, 4.69) is 9.71 Å². The van der Waals surface area contributed by atoms with Crippen LogP contribution in [0.15, 0.2) is 53.6 Å². The summed E-state index contributed by atoms with van der Waals surface area (Å²) in [5, 5.41) is 0.740. The number of hydrogen-bond donors (Lipinski definition) is 1. The molecule has 0 aliphatic heterocycles. The number of halogens is 1. The number of nitrogens with one attached hydrogen (secondary N) is 1. The van der Waals surface area contributed by atoms with Gasteiger partial charge in [-0.3, -0.25) is 9.71 Å². The Hall–Kier alpha value is -2.47. The first kappa shape index (κ1) is 15.4. The smallest absolute Gasteiger partial charge is 0.264 e. The second-order valence-corrected chi connectivity index (χ2v) is 7.06. The van der Waals surface area contributed by atoms with E-state index in [1.54, 1.807) is 19.2 Å². The molecule has 1 heterocycles. The Morgan fingerprint density at radius 1 is 1.09 bits per heavy atom. The van der Waals surface area contributed by atoms with Crippen LogP contribution in [0.2, 0.25) is 0 Å². The van der Waals surface area contributed by atoms with E-state index in [-0.39, 0.29) is 10.6 Å². The van der Waals surface area contributed by atoms with Crippen LogP contribution in [-0.2, 0) is 10.0 Å². The highest BCUT2D eigenvalue weighted by atomic mass is 32.2. The van der Waals surface area contributed by atoms with E-state index < -0.39 is 15.8 Å². The van der Waals surface area contributed by atoms with Gasteiger partial charge in [-0.1, -0.05) is 18.2 Å². The minimum Gasteiger partial charge on any atom is -0.279 e. The van der Waals surface area contributed by atoms with Gasteiger partial charge >= 0.3 is 0 Å². The number of aryl methyl sites for hydroxylation is 2. The predicted molar refractivity (Wildman–Crippen MR) is 88.4 cm³/mol. The predicted octanol–water partition coefficient (Wildman–Crippen LogP) is 3.79. The fourth-order valence-electron chi connectivity index (χ4n) is 2.36. The maximum atomic E-state index is 13.4. The van der Waals surface area contributed by atoms with E-state index in [1.165, 1.54) is 18.2 Å². The van der Waals surface area contributed by atoms with Gasteiger partial charge in [0.15, 0.2) is 0 Å². The Balaban J connectivity index is 2.12. The Kier molecular flexibility index (Phi) is 3.77. The van der Waals surface area contributed by atoms with Crippen LogP contribution in [0.4, 0.5) is 10.1 Å². The van der Waals surface area contributed by atoms with Crippen molar-refractivity contribution < 1.29 is 12.8 Å². The minimum atomic E-state index is -3.87. The van der Waals surface area contributed by atoms with E-state index in [0.29, 0.717) is 11.1 Å². The molecule has 0 saturated heterocycles. The number of nitrogens with zero attached hydrogens (tertiary/aromatic N) is 1. The molecule has 23 heavy (non-hydrogen) atoms. The molecule has 0 unspecified atom stereocenters. The van der Waals surface area contributed by atoms with Gasteiger partial charge in [-0.15, -0.1) is 0 Å².